The molecular weight excluding hydrogens is 284 g/mol. The second kappa shape index (κ2) is 7.03. The van der Waals surface area contributed by atoms with E-state index >= 15 is 0 Å². The number of hydrogen-bond acceptors (Lipinski definition) is 6. The Labute approximate surface area is 131 Å². The molecule has 0 spiro atoms. The lowest BCUT2D eigenvalue weighted by Gasteiger charge is -2.28. The average molecular weight is 310 g/mol. The summed E-state index contributed by atoms with van der Waals surface area (Å²) in [7, 11) is 0. The zero-order valence-corrected chi connectivity index (χ0v) is 13.9. The van der Waals surface area contributed by atoms with Crippen LogP contribution < -0.4 is 4.90 Å². The van der Waals surface area contributed by atoms with Crippen LogP contribution in [-0.4, -0.2) is 60.2 Å². The molecule has 6 heteroatoms. The van der Waals surface area contributed by atoms with Crippen LogP contribution in [-0.2, 0) is 11.2 Å². The lowest BCUT2D eigenvalue weighted by Crippen LogP contribution is -2.39. The van der Waals surface area contributed by atoms with E-state index in [1.807, 2.05) is 0 Å². The van der Waals surface area contributed by atoms with Crippen LogP contribution in [0.15, 0.2) is 0 Å². The number of ether oxygens (including phenoxy) is 1. The Bertz CT molecular complexity index is 445. The van der Waals surface area contributed by atoms with Crippen molar-refractivity contribution in [3.8, 4) is 0 Å². The van der Waals surface area contributed by atoms with E-state index in [0.29, 0.717) is 5.92 Å². The Hall–Kier alpha value is -0.720. The van der Waals surface area contributed by atoms with Crippen LogP contribution in [0.3, 0.4) is 0 Å². The van der Waals surface area contributed by atoms with Gasteiger partial charge in [0.1, 0.15) is 5.82 Å². The van der Waals surface area contributed by atoms with Gasteiger partial charge in [0.2, 0.25) is 5.13 Å². The molecule has 3 heterocycles. The fourth-order valence-corrected chi connectivity index (χ4v) is 3.86. The highest BCUT2D eigenvalue weighted by Crippen LogP contribution is 2.26. The van der Waals surface area contributed by atoms with Crippen LogP contribution in [0.5, 0.6) is 0 Å². The van der Waals surface area contributed by atoms with Crippen molar-refractivity contribution < 1.29 is 4.74 Å². The van der Waals surface area contributed by atoms with E-state index in [1.54, 1.807) is 11.5 Å². The van der Waals surface area contributed by atoms with Gasteiger partial charge in [0.15, 0.2) is 0 Å². The van der Waals surface area contributed by atoms with Crippen molar-refractivity contribution in [1.82, 2.24) is 14.3 Å². The molecule has 3 rings (SSSR count). The second-order valence-electron chi connectivity index (χ2n) is 6.60. The minimum Gasteiger partial charge on any atom is -0.379 e. The van der Waals surface area contributed by atoms with Crippen LogP contribution in [0.1, 0.15) is 26.1 Å². The highest BCUT2D eigenvalue weighted by atomic mass is 32.1. The Balaban J connectivity index is 1.50. The van der Waals surface area contributed by atoms with Crippen LogP contribution in [0, 0.1) is 11.8 Å². The van der Waals surface area contributed by atoms with Gasteiger partial charge >= 0.3 is 0 Å². The summed E-state index contributed by atoms with van der Waals surface area (Å²) in [6.07, 6.45) is 2.26. The third-order valence-corrected chi connectivity index (χ3v) is 5.04. The minimum atomic E-state index is 0.625. The molecule has 0 aromatic carbocycles. The smallest absolute Gasteiger partial charge is 0.205 e. The first kappa shape index (κ1) is 15.2. The number of morpholine rings is 1. The van der Waals surface area contributed by atoms with Gasteiger partial charge < -0.3 is 9.64 Å². The van der Waals surface area contributed by atoms with Gasteiger partial charge in [0, 0.05) is 50.7 Å². The van der Waals surface area contributed by atoms with Crippen molar-refractivity contribution in [2.75, 3.05) is 50.8 Å². The molecule has 1 aromatic heterocycles. The molecule has 2 aliphatic rings. The standard InChI is InChI=1S/C15H26N4OS/c1-12(2)9-14-16-15(21-17-14)19-4-3-13(11-19)10-18-5-7-20-8-6-18/h12-13H,3-11H2,1-2H3. The SMILES string of the molecule is CC(C)Cc1nsc(N2CCC(CN3CCOCC3)C2)n1. The van der Waals surface area contributed by atoms with Gasteiger partial charge in [-0.15, -0.1) is 0 Å². The van der Waals surface area contributed by atoms with Crippen molar-refractivity contribution in [3.05, 3.63) is 5.82 Å². The molecule has 0 N–H and O–H groups in total. The maximum absolute atomic E-state index is 5.42. The summed E-state index contributed by atoms with van der Waals surface area (Å²) < 4.78 is 9.92. The van der Waals surface area contributed by atoms with Crippen LogP contribution >= 0.6 is 11.5 Å². The van der Waals surface area contributed by atoms with E-state index < -0.39 is 0 Å². The molecule has 0 saturated carbocycles. The molecule has 5 nitrogen and oxygen atoms in total. The van der Waals surface area contributed by atoms with E-state index in [1.165, 1.54) is 13.0 Å². The lowest BCUT2D eigenvalue weighted by molar-refractivity contribution is 0.0320. The third kappa shape index (κ3) is 4.14. The minimum absolute atomic E-state index is 0.625. The molecule has 1 unspecified atom stereocenters. The maximum atomic E-state index is 5.42. The normalized spacial score (nSPS) is 24.1. The highest BCUT2D eigenvalue weighted by Gasteiger charge is 2.27. The van der Waals surface area contributed by atoms with Gasteiger partial charge in [-0.3, -0.25) is 4.90 Å². The second-order valence-corrected chi connectivity index (χ2v) is 7.34. The lowest BCUT2D eigenvalue weighted by atomic mass is 10.1. The first-order valence-electron chi connectivity index (χ1n) is 8.08. The first-order valence-corrected chi connectivity index (χ1v) is 8.85. The van der Waals surface area contributed by atoms with E-state index in [2.05, 4.69) is 28.0 Å². The summed E-state index contributed by atoms with van der Waals surface area (Å²) in [6, 6.07) is 0. The summed E-state index contributed by atoms with van der Waals surface area (Å²) in [5, 5.41) is 1.12. The summed E-state index contributed by atoms with van der Waals surface area (Å²) in [5.41, 5.74) is 0. The Morgan fingerprint density at radius 3 is 2.86 bits per heavy atom. The Kier molecular flexibility index (Phi) is 5.08. The van der Waals surface area contributed by atoms with Gasteiger partial charge in [0.05, 0.1) is 13.2 Å². The molecule has 1 atom stereocenters. The summed E-state index contributed by atoms with van der Waals surface area (Å²) in [5.74, 6) is 2.40. The van der Waals surface area contributed by atoms with E-state index in [9.17, 15) is 0 Å². The number of anilines is 1. The average Bonchev–Trinajstić information content (AvgIpc) is 3.08. The molecule has 1 aromatic rings. The monoisotopic (exact) mass is 310 g/mol. The van der Waals surface area contributed by atoms with E-state index in [4.69, 9.17) is 9.72 Å². The fourth-order valence-electron chi connectivity index (χ4n) is 3.13. The maximum Gasteiger partial charge on any atom is 0.205 e. The number of rotatable bonds is 5. The van der Waals surface area contributed by atoms with Gasteiger partial charge in [-0.05, 0) is 18.3 Å². The molecule has 0 amide bonds. The summed E-state index contributed by atoms with van der Waals surface area (Å²) in [6.45, 7) is 11.9. The molecule has 0 bridgehead atoms. The van der Waals surface area contributed by atoms with Crippen molar-refractivity contribution >= 4 is 16.7 Å². The zero-order valence-electron chi connectivity index (χ0n) is 13.1. The first-order chi connectivity index (χ1) is 10.2. The zero-order chi connectivity index (χ0) is 14.7. The molecule has 2 saturated heterocycles. The van der Waals surface area contributed by atoms with Gasteiger partial charge in [-0.1, -0.05) is 13.8 Å². The topological polar surface area (TPSA) is 41.5 Å². The van der Waals surface area contributed by atoms with Crippen molar-refractivity contribution in [1.29, 1.82) is 0 Å². The summed E-state index contributed by atoms with van der Waals surface area (Å²) >= 11 is 1.57. The molecule has 21 heavy (non-hydrogen) atoms. The van der Waals surface area contributed by atoms with Crippen LogP contribution in [0.2, 0.25) is 0 Å². The van der Waals surface area contributed by atoms with Crippen LogP contribution in [0.25, 0.3) is 0 Å². The Morgan fingerprint density at radius 2 is 2.10 bits per heavy atom. The van der Waals surface area contributed by atoms with E-state index in [0.717, 1.165) is 62.7 Å². The Morgan fingerprint density at radius 1 is 1.29 bits per heavy atom. The number of nitrogens with zero attached hydrogens (tertiary/aromatic N) is 4. The van der Waals surface area contributed by atoms with Gasteiger partial charge in [-0.2, -0.15) is 4.37 Å². The molecule has 118 valence electrons. The molecule has 2 aliphatic heterocycles. The van der Waals surface area contributed by atoms with Crippen LogP contribution in [0.4, 0.5) is 5.13 Å². The van der Waals surface area contributed by atoms with Crippen molar-refractivity contribution in [2.24, 2.45) is 11.8 Å². The predicted molar refractivity (Wildman–Crippen MR) is 86.0 cm³/mol. The van der Waals surface area contributed by atoms with Gasteiger partial charge in [-0.25, -0.2) is 4.98 Å². The number of hydrogen-bond donors (Lipinski definition) is 0. The summed E-state index contributed by atoms with van der Waals surface area (Å²) in [4.78, 5) is 9.68. The molecule has 0 radical (unpaired) electrons. The van der Waals surface area contributed by atoms with Crippen molar-refractivity contribution in [2.45, 2.75) is 26.7 Å². The van der Waals surface area contributed by atoms with Gasteiger partial charge in [0.25, 0.3) is 0 Å². The highest BCUT2D eigenvalue weighted by molar-refractivity contribution is 7.09. The quantitative estimate of drug-likeness (QED) is 0.831. The fraction of sp³-hybridized carbons (Fsp3) is 0.867. The van der Waals surface area contributed by atoms with E-state index in [-0.39, 0.29) is 0 Å². The molecule has 0 aliphatic carbocycles. The largest absolute Gasteiger partial charge is 0.379 e. The van der Waals surface area contributed by atoms with Crippen molar-refractivity contribution in [3.63, 3.8) is 0 Å². The predicted octanol–water partition coefficient (Wildman–Crippen LogP) is 1.90. The number of aromatic nitrogens is 2. The molecular formula is C15H26N4OS. The molecule has 2 fully saturated rings. The third-order valence-electron chi connectivity index (χ3n) is 4.22.